The second-order valence-electron chi connectivity index (χ2n) is 3.46. The Bertz CT molecular complexity index is 635. The number of hydrogen-bond acceptors (Lipinski definition) is 4. The third-order valence-corrected chi connectivity index (χ3v) is 3.52. The Balaban J connectivity index is 2.74. The van der Waals surface area contributed by atoms with Crippen molar-refractivity contribution in [1.29, 1.82) is 0 Å². The number of benzene rings is 1. The van der Waals surface area contributed by atoms with E-state index in [1.165, 1.54) is 17.8 Å². The van der Waals surface area contributed by atoms with Crippen LogP contribution in [0.3, 0.4) is 0 Å². The van der Waals surface area contributed by atoms with Gasteiger partial charge in [-0.3, -0.25) is 4.79 Å². The van der Waals surface area contributed by atoms with Crippen LogP contribution in [0.15, 0.2) is 17.0 Å². The molecule has 0 radical (unpaired) electrons. The summed E-state index contributed by atoms with van der Waals surface area (Å²) in [5.41, 5.74) is 5.00. The molecule has 0 saturated carbocycles. The Labute approximate surface area is 112 Å². The minimum atomic E-state index is -0.789. The van der Waals surface area contributed by atoms with Crippen molar-refractivity contribution in [3.63, 3.8) is 0 Å². The van der Waals surface area contributed by atoms with Gasteiger partial charge in [0.2, 0.25) is 0 Å². The summed E-state index contributed by atoms with van der Waals surface area (Å²) < 4.78 is 13.8. The summed E-state index contributed by atoms with van der Waals surface area (Å²) in [4.78, 5) is 11.8. The van der Waals surface area contributed by atoms with Crippen LogP contribution in [0.5, 0.6) is 0 Å². The third-order valence-electron chi connectivity index (χ3n) is 2.28. The van der Waals surface area contributed by atoms with E-state index in [1.54, 1.807) is 6.07 Å². The normalized spacial score (nSPS) is 10.8. The van der Waals surface area contributed by atoms with E-state index in [-0.39, 0.29) is 16.2 Å². The zero-order valence-electron chi connectivity index (χ0n) is 9.41. The molecule has 0 unspecified atom stereocenters. The molecular formula is C11H9ClFN3OS. The van der Waals surface area contributed by atoms with Gasteiger partial charge in [0.1, 0.15) is 5.52 Å². The number of aromatic nitrogens is 2. The predicted molar refractivity (Wildman–Crippen MR) is 69.4 cm³/mol. The number of thioether (sulfide) groups is 1. The van der Waals surface area contributed by atoms with E-state index in [9.17, 15) is 9.18 Å². The zero-order valence-corrected chi connectivity index (χ0v) is 11.0. The van der Waals surface area contributed by atoms with Crippen molar-refractivity contribution >= 4 is 40.2 Å². The number of carbonyl (C=O) groups excluding carboxylic acids is 1. The molecule has 0 aliphatic rings. The number of nitrogens with two attached hydrogens (primary N) is 1. The summed E-state index contributed by atoms with van der Waals surface area (Å²) in [6.07, 6.45) is 0. The number of hydrogen-bond donors (Lipinski definition) is 1. The molecule has 0 aliphatic carbocycles. The Morgan fingerprint density at radius 3 is 2.83 bits per heavy atom. The summed E-state index contributed by atoms with van der Waals surface area (Å²) >= 11 is 7.47. The highest BCUT2D eigenvalue weighted by molar-refractivity contribution is 7.99. The summed E-state index contributed by atoms with van der Waals surface area (Å²) in [6, 6.07) is 3.04. The Kier molecular flexibility index (Phi) is 3.68. The lowest BCUT2D eigenvalue weighted by atomic mass is 10.2. The van der Waals surface area contributed by atoms with E-state index >= 15 is 0 Å². The maximum absolute atomic E-state index is 13.8. The van der Waals surface area contributed by atoms with Crippen molar-refractivity contribution in [2.24, 2.45) is 5.73 Å². The average Bonchev–Trinajstić information content (AvgIpc) is 2.30. The molecule has 1 heterocycles. The molecule has 94 valence electrons. The number of rotatable bonds is 3. The van der Waals surface area contributed by atoms with Crippen LogP contribution in [0.1, 0.15) is 17.4 Å². The zero-order chi connectivity index (χ0) is 13.3. The lowest BCUT2D eigenvalue weighted by Crippen LogP contribution is -2.15. The molecule has 0 bridgehead atoms. The number of amides is 1. The highest BCUT2D eigenvalue weighted by Crippen LogP contribution is 2.30. The van der Waals surface area contributed by atoms with Crippen molar-refractivity contribution in [1.82, 2.24) is 10.2 Å². The van der Waals surface area contributed by atoms with Crippen molar-refractivity contribution in [3.05, 3.63) is 28.7 Å². The summed E-state index contributed by atoms with van der Waals surface area (Å²) in [6.45, 7) is 1.95. The Hall–Kier alpha value is -1.40. The summed E-state index contributed by atoms with van der Waals surface area (Å²) in [5.74, 6) is -0.513. The molecule has 0 fully saturated rings. The number of carbonyl (C=O) groups is 1. The van der Waals surface area contributed by atoms with Gasteiger partial charge < -0.3 is 5.73 Å². The van der Waals surface area contributed by atoms with E-state index in [4.69, 9.17) is 17.3 Å². The standard InChI is InChI=1S/C11H9ClFN3OS/c1-2-18-5-3-6-8(12)10(11(14)17)16-15-9(6)7(13)4-5/h3-4H,2H2,1H3,(H2,14,17). The largest absolute Gasteiger partial charge is 0.364 e. The Morgan fingerprint density at radius 1 is 1.50 bits per heavy atom. The maximum Gasteiger partial charge on any atom is 0.270 e. The quantitative estimate of drug-likeness (QED) is 0.880. The van der Waals surface area contributed by atoms with Crippen LogP contribution in [0.25, 0.3) is 10.9 Å². The summed E-state index contributed by atoms with van der Waals surface area (Å²) in [7, 11) is 0. The highest BCUT2D eigenvalue weighted by Gasteiger charge is 2.16. The molecule has 0 spiro atoms. The second kappa shape index (κ2) is 5.07. The van der Waals surface area contributed by atoms with Crippen LogP contribution < -0.4 is 5.73 Å². The molecule has 0 saturated heterocycles. The Morgan fingerprint density at radius 2 is 2.22 bits per heavy atom. The van der Waals surface area contributed by atoms with Crippen LogP contribution >= 0.6 is 23.4 Å². The molecule has 2 N–H and O–H groups in total. The lowest BCUT2D eigenvalue weighted by Gasteiger charge is -2.06. The fourth-order valence-corrected chi connectivity index (χ4v) is 2.52. The molecule has 1 aromatic carbocycles. The number of fused-ring (bicyclic) bond motifs is 1. The van der Waals surface area contributed by atoms with Gasteiger partial charge in [0, 0.05) is 10.3 Å². The maximum atomic E-state index is 13.8. The molecule has 4 nitrogen and oxygen atoms in total. The fourth-order valence-electron chi connectivity index (χ4n) is 1.52. The smallest absolute Gasteiger partial charge is 0.270 e. The minimum Gasteiger partial charge on any atom is -0.364 e. The number of halogens is 2. The van der Waals surface area contributed by atoms with Gasteiger partial charge in [-0.05, 0) is 17.9 Å². The predicted octanol–water partition coefficient (Wildman–Crippen LogP) is 2.63. The fraction of sp³-hybridized carbons (Fsp3) is 0.182. The van der Waals surface area contributed by atoms with Crippen molar-refractivity contribution < 1.29 is 9.18 Å². The topological polar surface area (TPSA) is 68.9 Å². The molecule has 18 heavy (non-hydrogen) atoms. The van der Waals surface area contributed by atoms with Gasteiger partial charge in [-0.2, -0.15) is 0 Å². The lowest BCUT2D eigenvalue weighted by molar-refractivity contribution is 0.0995. The minimum absolute atomic E-state index is 0.0324. The molecule has 1 aromatic heterocycles. The van der Waals surface area contributed by atoms with Gasteiger partial charge in [0.25, 0.3) is 5.91 Å². The monoisotopic (exact) mass is 285 g/mol. The molecule has 2 rings (SSSR count). The van der Waals surface area contributed by atoms with Gasteiger partial charge in [-0.15, -0.1) is 22.0 Å². The molecule has 0 aliphatic heterocycles. The van der Waals surface area contributed by atoms with Crippen molar-refractivity contribution in [3.8, 4) is 0 Å². The molecule has 2 aromatic rings. The highest BCUT2D eigenvalue weighted by atomic mass is 35.5. The third kappa shape index (κ3) is 2.26. The average molecular weight is 286 g/mol. The van der Waals surface area contributed by atoms with Gasteiger partial charge in [0.15, 0.2) is 11.5 Å². The molecule has 1 amide bonds. The van der Waals surface area contributed by atoms with Crippen LogP contribution in [-0.2, 0) is 0 Å². The van der Waals surface area contributed by atoms with E-state index in [0.717, 1.165) is 5.75 Å². The number of nitrogens with zero attached hydrogens (tertiary/aromatic N) is 2. The first-order valence-corrected chi connectivity index (χ1v) is 6.49. The van der Waals surface area contributed by atoms with Gasteiger partial charge in [-0.25, -0.2) is 4.39 Å². The number of primary amides is 1. The van der Waals surface area contributed by atoms with Gasteiger partial charge in [-0.1, -0.05) is 18.5 Å². The molecule has 0 atom stereocenters. The van der Waals surface area contributed by atoms with Crippen LogP contribution in [0, 0.1) is 5.82 Å². The van der Waals surface area contributed by atoms with E-state index in [0.29, 0.717) is 10.3 Å². The van der Waals surface area contributed by atoms with E-state index in [1.807, 2.05) is 6.92 Å². The van der Waals surface area contributed by atoms with Crippen LogP contribution in [0.4, 0.5) is 4.39 Å². The second-order valence-corrected chi connectivity index (χ2v) is 5.18. The summed E-state index contributed by atoms with van der Waals surface area (Å²) in [5, 5.41) is 7.56. The first kappa shape index (κ1) is 13.0. The van der Waals surface area contributed by atoms with Gasteiger partial charge >= 0.3 is 0 Å². The molecule has 7 heteroatoms. The van der Waals surface area contributed by atoms with Crippen LogP contribution in [0.2, 0.25) is 5.02 Å². The SMILES string of the molecule is CCSc1cc(F)c2nnc(C(N)=O)c(Cl)c2c1. The van der Waals surface area contributed by atoms with Crippen LogP contribution in [-0.4, -0.2) is 21.9 Å². The van der Waals surface area contributed by atoms with Gasteiger partial charge in [0.05, 0.1) is 5.02 Å². The van der Waals surface area contributed by atoms with Crippen molar-refractivity contribution in [2.75, 3.05) is 5.75 Å². The molecular weight excluding hydrogens is 277 g/mol. The first-order valence-electron chi connectivity index (χ1n) is 5.12. The van der Waals surface area contributed by atoms with E-state index < -0.39 is 11.7 Å². The van der Waals surface area contributed by atoms with Crippen molar-refractivity contribution in [2.45, 2.75) is 11.8 Å². The first-order chi connectivity index (χ1) is 8.54. The van der Waals surface area contributed by atoms with E-state index in [2.05, 4.69) is 10.2 Å².